The van der Waals surface area contributed by atoms with Crippen LogP contribution in [0.4, 0.5) is 5.82 Å². The van der Waals surface area contributed by atoms with E-state index in [0.717, 1.165) is 0 Å². The fourth-order valence-electron chi connectivity index (χ4n) is 2.26. The van der Waals surface area contributed by atoms with Crippen LogP contribution in [0.25, 0.3) is 0 Å². The first-order chi connectivity index (χ1) is 13.8. The van der Waals surface area contributed by atoms with Gasteiger partial charge in [0.25, 0.3) is 0 Å². The second kappa shape index (κ2) is 9.15. The van der Waals surface area contributed by atoms with Gasteiger partial charge in [-0.3, -0.25) is 5.43 Å². The van der Waals surface area contributed by atoms with Crippen molar-refractivity contribution in [1.29, 1.82) is 0 Å². The lowest BCUT2D eigenvalue weighted by atomic mass is 10.1. The van der Waals surface area contributed by atoms with Crippen LogP contribution in [0, 0.1) is 0 Å². The average molecular weight is 474 g/mol. The normalized spacial score (nSPS) is 12.2. The molecule has 0 amide bonds. The number of hydrazone groups is 1. The SMILES string of the molecule is CC(=NNc1nc(Cl)c(Cl)cc1Cl)c1ccc(S(=O)(=O)NCc2ccco2)cc1. The Morgan fingerprint density at radius 2 is 1.86 bits per heavy atom. The smallest absolute Gasteiger partial charge is 0.240 e. The molecule has 0 unspecified atom stereocenters. The Hall–Kier alpha value is -2.10. The lowest BCUT2D eigenvalue weighted by molar-refractivity contribution is 0.498. The second-order valence-corrected chi connectivity index (χ2v) is 8.77. The quantitative estimate of drug-likeness (QED) is 0.287. The van der Waals surface area contributed by atoms with Gasteiger partial charge < -0.3 is 4.42 Å². The Kier molecular flexibility index (Phi) is 6.81. The third-order valence-electron chi connectivity index (χ3n) is 3.82. The van der Waals surface area contributed by atoms with Crippen molar-refractivity contribution in [3.63, 3.8) is 0 Å². The van der Waals surface area contributed by atoms with Crippen LogP contribution < -0.4 is 10.1 Å². The first-order valence-electron chi connectivity index (χ1n) is 8.20. The summed E-state index contributed by atoms with van der Waals surface area (Å²) in [4.78, 5) is 4.14. The fourth-order valence-corrected chi connectivity index (χ4v) is 3.80. The summed E-state index contributed by atoms with van der Waals surface area (Å²) in [6.07, 6.45) is 1.48. The van der Waals surface area contributed by atoms with E-state index >= 15 is 0 Å². The fraction of sp³-hybridized carbons (Fsp3) is 0.111. The zero-order valence-corrected chi connectivity index (χ0v) is 18.1. The molecule has 0 saturated heterocycles. The van der Waals surface area contributed by atoms with Crippen LogP contribution in [0.5, 0.6) is 0 Å². The number of aromatic nitrogens is 1. The Morgan fingerprint density at radius 1 is 1.14 bits per heavy atom. The van der Waals surface area contributed by atoms with Crippen molar-refractivity contribution in [2.45, 2.75) is 18.4 Å². The van der Waals surface area contributed by atoms with E-state index in [2.05, 4.69) is 20.2 Å². The highest BCUT2D eigenvalue weighted by atomic mass is 35.5. The zero-order valence-electron chi connectivity index (χ0n) is 15.0. The van der Waals surface area contributed by atoms with Gasteiger partial charge in [0.2, 0.25) is 10.0 Å². The van der Waals surface area contributed by atoms with Crippen LogP contribution in [0.1, 0.15) is 18.2 Å². The highest BCUT2D eigenvalue weighted by molar-refractivity contribution is 7.89. The van der Waals surface area contributed by atoms with E-state index in [1.165, 1.54) is 24.5 Å². The van der Waals surface area contributed by atoms with Gasteiger partial charge in [0.15, 0.2) is 5.82 Å². The summed E-state index contributed by atoms with van der Waals surface area (Å²) < 4.78 is 32.3. The number of nitrogens with zero attached hydrogens (tertiary/aromatic N) is 2. The molecule has 3 rings (SSSR count). The van der Waals surface area contributed by atoms with Crippen molar-refractivity contribution in [1.82, 2.24) is 9.71 Å². The largest absolute Gasteiger partial charge is 0.468 e. The molecule has 0 radical (unpaired) electrons. The predicted molar refractivity (Wildman–Crippen MR) is 114 cm³/mol. The third-order valence-corrected chi connectivity index (χ3v) is 6.19. The molecule has 0 aliphatic heterocycles. The number of benzene rings is 1. The summed E-state index contributed by atoms with van der Waals surface area (Å²) in [6, 6.07) is 11.1. The molecule has 11 heteroatoms. The van der Waals surface area contributed by atoms with Gasteiger partial charge in [-0.1, -0.05) is 46.9 Å². The maximum Gasteiger partial charge on any atom is 0.240 e. The lowest BCUT2D eigenvalue weighted by Crippen LogP contribution is -2.23. The highest BCUT2D eigenvalue weighted by Gasteiger charge is 2.14. The summed E-state index contributed by atoms with van der Waals surface area (Å²) in [6.45, 7) is 1.82. The molecular weight excluding hydrogens is 459 g/mol. The molecule has 0 bridgehead atoms. The van der Waals surface area contributed by atoms with Crippen molar-refractivity contribution in [2.75, 3.05) is 5.43 Å². The molecule has 0 atom stereocenters. The minimum Gasteiger partial charge on any atom is -0.468 e. The number of hydrogen-bond acceptors (Lipinski definition) is 6. The predicted octanol–water partition coefficient (Wildman–Crippen LogP) is 4.95. The number of anilines is 1. The molecule has 2 aromatic heterocycles. The van der Waals surface area contributed by atoms with Gasteiger partial charge in [0, 0.05) is 0 Å². The molecule has 0 aliphatic carbocycles. The third kappa shape index (κ3) is 5.49. The van der Waals surface area contributed by atoms with Gasteiger partial charge in [0.05, 0.1) is 33.5 Å². The lowest BCUT2D eigenvalue weighted by Gasteiger charge is -2.08. The van der Waals surface area contributed by atoms with Gasteiger partial charge in [-0.25, -0.2) is 18.1 Å². The summed E-state index contributed by atoms with van der Waals surface area (Å²) in [5.74, 6) is 0.774. The summed E-state index contributed by atoms with van der Waals surface area (Å²) in [7, 11) is -3.67. The molecular formula is C18H15Cl3N4O3S. The van der Waals surface area contributed by atoms with E-state index in [9.17, 15) is 8.42 Å². The van der Waals surface area contributed by atoms with Gasteiger partial charge in [-0.15, -0.1) is 0 Å². The molecule has 0 saturated carbocycles. The van der Waals surface area contributed by atoms with Gasteiger partial charge in [0.1, 0.15) is 10.9 Å². The first kappa shape index (κ1) is 21.6. The Bertz CT molecular complexity index is 1130. The second-order valence-electron chi connectivity index (χ2n) is 5.83. The van der Waals surface area contributed by atoms with E-state index in [1.54, 1.807) is 31.2 Å². The number of hydrogen-bond donors (Lipinski definition) is 2. The monoisotopic (exact) mass is 472 g/mol. The van der Waals surface area contributed by atoms with Crippen LogP contribution >= 0.6 is 34.8 Å². The number of nitrogens with one attached hydrogen (secondary N) is 2. The molecule has 3 aromatic rings. The average Bonchev–Trinajstić information content (AvgIpc) is 3.22. The van der Waals surface area contributed by atoms with Gasteiger partial charge in [-0.05, 0) is 42.8 Å². The van der Waals surface area contributed by atoms with Crippen LogP contribution in [0.3, 0.4) is 0 Å². The van der Waals surface area contributed by atoms with E-state index in [0.29, 0.717) is 17.0 Å². The van der Waals surface area contributed by atoms with Crippen LogP contribution in [-0.2, 0) is 16.6 Å². The van der Waals surface area contributed by atoms with Gasteiger partial charge >= 0.3 is 0 Å². The standard InChI is InChI=1S/C18H15Cl3N4O3S/c1-11(24-25-18-16(20)9-15(19)17(21)23-18)12-4-6-14(7-5-12)29(26,27)22-10-13-3-2-8-28-13/h2-9,22H,10H2,1H3,(H,23,25). The maximum absolute atomic E-state index is 12.4. The number of rotatable bonds is 7. The number of sulfonamides is 1. The molecule has 7 nitrogen and oxygen atoms in total. The zero-order chi connectivity index (χ0) is 21.0. The molecule has 2 heterocycles. The summed E-state index contributed by atoms with van der Waals surface area (Å²) >= 11 is 17.8. The molecule has 0 aliphatic rings. The number of halogens is 3. The van der Waals surface area contributed by atoms with Crippen molar-refractivity contribution >= 4 is 56.4 Å². The Balaban J connectivity index is 1.70. The minimum absolute atomic E-state index is 0.0684. The summed E-state index contributed by atoms with van der Waals surface area (Å²) in [5.41, 5.74) is 4.01. The van der Waals surface area contributed by atoms with Crippen LogP contribution in [0.15, 0.2) is 63.1 Å². The molecule has 0 fully saturated rings. The van der Waals surface area contributed by atoms with Crippen LogP contribution in [0.2, 0.25) is 15.2 Å². The number of pyridine rings is 1. The van der Waals surface area contributed by atoms with Crippen molar-refractivity contribution < 1.29 is 12.8 Å². The van der Waals surface area contributed by atoms with E-state index in [1.807, 2.05) is 0 Å². The molecule has 2 N–H and O–H groups in total. The molecule has 1 aromatic carbocycles. The van der Waals surface area contributed by atoms with Crippen molar-refractivity contribution in [3.8, 4) is 0 Å². The maximum atomic E-state index is 12.4. The molecule has 0 spiro atoms. The minimum atomic E-state index is -3.67. The van der Waals surface area contributed by atoms with Gasteiger partial charge in [-0.2, -0.15) is 5.10 Å². The molecule has 29 heavy (non-hydrogen) atoms. The highest BCUT2D eigenvalue weighted by Crippen LogP contribution is 2.28. The topological polar surface area (TPSA) is 96.6 Å². The Morgan fingerprint density at radius 3 is 2.52 bits per heavy atom. The van der Waals surface area contributed by atoms with E-state index in [4.69, 9.17) is 39.2 Å². The van der Waals surface area contributed by atoms with Crippen molar-refractivity contribution in [3.05, 3.63) is 75.2 Å². The van der Waals surface area contributed by atoms with Crippen molar-refractivity contribution in [2.24, 2.45) is 5.10 Å². The number of furan rings is 1. The first-order valence-corrected chi connectivity index (χ1v) is 10.8. The van der Waals surface area contributed by atoms with Crippen LogP contribution in [-0.4, -0.2) is 19.1 Å². The van der Waals surface area contributed by atoms with E-state index < -0.39 is 10.0 Å². The molecule has 152 valence electrons. The summed E-state index contributed by atoms with van der Waals surface area (Å²) in [5, 5.41) is 4.80. The van der Waals surface area contributed by atoms with E-state index in [-0.39, 0.29) is 32.5 Å². The Labute approximate surface area is 182 Å².